The van der Waals surface area contributed by atoms with Crippen molar-refractivity contribution in [2.75, 3.05) is 18.0 Å². The zero-order valence-corrected chi connectivity index (χ0v) is 12.9. The lowest BCUT2D eigenvalue weighted by Crippen LogP contribution is -2.43. The predicted molar refractivity (Wildman–Crippen MR) is 79.6 cm³/mol. The first kappa shape index (κ1) is 14.3. The number of anilines is 1. The molecule has 2 aliphatic rings. The van der Waals surface area contributed by atoms with Crippen LogP contribution in [0.5, 0.6) is 0 Å². The smallest absolute Gasteiger partial charge is 0.0430 e. The molecule has 2 heterocycles. The Balaban J connectivity index is 0.000000640. The second-order valence-electron chi connectivity index (χ2n) is 4.12. The lowest BCUT2D eigenvalue weighted by Gasteiger charge is -2.29. The Hall–Kier alpha value is 0.230. The molecule has 0 aliphatic carbocycles. The summed E-state index contributed by atoms with van der Waals surface area (Å²) in [4.78, 5) is 2.48. The molecule has 3 rings (SSSR count). The molecule has 0 radical (unpaired) electrons. The van der Waals surface area contributed by atoms with Crippen LogP contribution in [0.2, 0.25) is 5.02 Å². The fourth-order valence-corrected chi connectivity index (χ4v) is 2.64. The molecule has 2 bridgehead atoms. The molecule has 0 spiro atoms. The average molecular weight is 371 g/mol. The zero-order chi connectivity index (χ0) is 9.54. The molecule has 2 nitrogen and oxygen atoms in total. The molecule has 5 heteroatoms. The Morgan fingerprint density at radius 2 is 1.88 bits per heavy atom. The van der Waals surface area contributed by atoms with E-state index >= 15 is 0 Å². The number of benzene rings is 1. The highest BCUT2D eigenvalue weighted by Gasteiger charge is 2.37. The van der Waals surface area contributed by atoms with E-state index in [4.69, 9.17) is 11.6 Å². The van der Waals surface area contributed by atoms with Gasteiger partial charge in [0, 0.05) is 35.9 Å². The molecule has 1 aromatic rings. The van der Waals surface area contributed by atoms with Crippen molar-refractivity contribution in [3.63, 3.8) is 0 Å². The maximum absolute atomic E-state index is 5.87. The van der Waals surface area contributed by atoms with E-state index in [2.05, 4.69) is 22.3 Å². The Labute approximate surface area is 122 Å². The van der Waals surface area contributed by atoms with Crippen molar-refractivity contribution >= 4 is 51.3 Å². The van der Waals surface area contributed by atoms with Gasteiger partial charge >= 0.3 is 0 Å². The van der Waals surface area contributed by atoms with Crippen LogP contribution in [-0.4, -0.2) is 25.2 Å². The highest BCUT2D eigenvalue weighted by molar-refractivity contribution is 8.93. The van der Waals surface area contributed by atoms with E-state index in [0.717, 1.165) is 18.1 Å². The summed E-state index contributed by atoms with van der Waals surface area (Å²) in [6.45, 7) is 2.28. The van der Waals surface area contributed by atoms with Gasteiger partial charge < -0.3 is 10.2 Å². The lowest BCUT2D eigenvalue weighted by atomic mass is 10.2. The minimum atomic E-state index is 0. The Bertz CT molecular complexity index is 344. The first-order chi connectivity index (χ1) is 6.83. The molecule has 0 aromatic heterocycles. The molecular weight excluding hydrogens is 355 g/mol. The van der Waals surface area contributed by atoms with Crippen molar-refractivity contribution in [2.45, 2.75) is 18.5 Å². The molecule has 2 fully saturated rings. The summed E-state index contributed by atoms with van der Waals surface area (Å²) in [5, 5.41) is 4.32. The van der Waals surface area contributed by atoms with Crippen molar-refractivity contribution in [3.05, 3.63) is 29.3 Å². The normalized spacial score (nSPS) is 26.2. The second kappa shape index (κ2) is 5.71. The van der Waals surface area contributed by atoms with Crippen LogP contribution in [0, 0.1) is 0 Å². The van der Waals surface area contributed by atoms with Crippen LogP contribution in [0.3, 0.4) is 0 Å². The van der Waals surface area contributed by atoms with Crippen molar-refractivity contribution in [1.29, 1.82) is 0 Å². The summed E-state index contributed by atoms with van der Waals surface area (Å²) in [6, 6.07) is 9.57. The van der Waals surface area contributed by atoms with Gasteiger partial charge in [0.05, 0.1) is 0 Å². The van der Waals surface area contributed by atoms with Gasteiger partial charge in [-0.3, -0.25) is 0 Å². The molecule has 16 heavy (non-hydrogen) atoms. The minimum Gasteiger partial charge on any atom is -0.366 e. The van der Waals surface area contributed by atoms with E-state index in [0.29, 0.717) is 12.1 Å². The average Bonchev–Trinajstić information content (AvgIpc) is 2.80. The number of rotatable bonds is 1. The topological polar surface area (TPSA) is 15.3 Å². The number of hydrogen-bond donors (Lipinski definition) is 1. The van der Waals surface area contributed by atoms with Crippen molar-refractivity contribution in [1.82, 2.24) is 5.32 Å². The van der Waals surface area contributed by atoms with E-state index in [1.807, 2.05) is 12.1 Å². The van der Waals surface area contributed by atoms with Crippen LogP contribution in [0.4, 0.5) is 5.69 Å². The van der Waals surface area contributed by atoms with Gasteiger partial charge in [-0.25, -0.2) is 0 Å². The van der Waals surface area contributed by atoms with Gasteiger partial charge in [-0.2, -0.15) is 0 Å². The van der Waals surface area contributed by atoms with Crippen LogP contribution < -0.4 is 10.2 Å². The maximum Gasteiger partial charge on any atom is 0.0430 e. The molecule has 1 N–H and O–H groups in total. The molecule has 2 aliphatic heterocycles. The highest BCUT2D eigenvalue weighted by Crippen LogP contribution is 2.29. The molecule has 2 saturated heterocycles. The van der Waals surface area contributed by atoms with Gasteiger partial charge in [0.25, 0.3) is 0 Å². The van der Waals surface area contributed by atoms with E-state index in [1.54, 1.807) is 0 Å². The number of nitrogens with zero attached hydrogens (tertiary/aromatic N) is 1. The monoisotopic (exact) mass is 368 g/mol. The Kier molecular flexibility index (Phi) is 5.10. The first-order valence-electron chi connectivity index (χ1n) is 5.08. The number of piperazine rings is 1. The van der Waals surface area contributed by atoms with E-state index < -0.39 is 0 Å². The van der Waals surface area contributed by atoms with Crippen LogP contribution in [0.1, 0.15) is 6.42 Å². The quantitative estimate of drug-likeness (QED) is 0.817. The van der Waals surface area contributed by atoms with E-state index in [1.165, 1.54) is 12.1 Å². The molecule has 2 unspecified atom stereocenters. The third kappa shape index (κ3) is 2.55. The highest BCUT2D eigenvalue weighted by atomic mass is 79.9. The summed E-state index contributed by atoms with van der Waals surface area (Å²) < 4.78 is 0. The molecule has 1 aromatic carbocycles. The fourth-order valence-electron chi connectivity index (χ4n) is 2.51. The Morgan fingerprint density at radius 3 is 2.38 bits per heavy atom. The van der Waals surface area contributed by atoms with Crippen molar-refractivity contribution in [2.24, 2.45) is 0 Å². The van der Waals surface area contributed by atoms with Crippen molar-refractivity contribution in [3.8, 4) is 0 Å². The standard InChI is InChI=1S/C11H13ClN2.2BrH/c12-8-1-3-10(4-2-8)14-7-9-5-11(14)6-13-9;;/h1-4,9,11,13H,5-7H2;2*1H. The van der Waals surface area contributed by atoms with Crippen LogP contribution in [-0.2, 0) is 0 Å². The lowest BCUT2D eigenvalue weighted by molar-refractivity contribution is 0.580. The third-order valence-electron chi connectivity index (χ3n) is 3.21. The summed E-state index contributed by atoms with van der Waals surface area (Å²) in [5.74, 6) is 0. The van der Waals surface area contributed by atoms with Gasteiger partial charge in [0.15, 0.2) is 0 Å². The number of fused-ring (bicyclic) bond motifs is 2. The molecule has 0 amide bonds. The van der Waals surface area contributed by atoms with Crippen LogP contribution in [0.25, 0.3) is 0 Å². The second-order valence-corrected chi connectivity index (χ2v) is 4.56. The third-order valence-corrected chi connectivity index (χ3v) is 3.47. The van der Waals surface area contributed by atoms with Gasteiger partial charge in [-0.05, 0) is 30.7 Å². The maximum atomic E-state index is 5.87. The van der Waals surface area contributed by atoms with Gasteiger partial charge in [0.2, 0.25) is 0 Å². The number of nitrogens with one attached hydrogen (secondary N) is 1. The van der Waals surface area contributed by atoms with Crippen molar-refractivity contribution < 1.29 is 0 Å². The van der Waals surface area contributed by atoms with Crippen LogP contribution >= 0.6 is 45.6 Å². The summed E-state index contributed by atoms with van der Waals surface area (Å²) in [6.07, 6.45) is 1.29. The zero-order valence-electron chi connectivity index (χ0n) is 8.73. The van der Waals surface area contributed by atoms with Gasteiger partial charge in [-0.1, -0.05) is 11.6 Å². The molecule has 2 atom stereocenters. The predicted octanol–water partition coefficient (Wildman–Crippen LogP) is 3.05. The summed E-state index contributed by atoms with van der Waals surface area (Å²) in [5.41, 5.74) is 1.31. The van der Waals surface area contributed by atoms with Crippen LogP contribution in [0.15, 0.2) is 24.3 Å². The SMILES string of the molecule is Br.Br.Clc1ccc(N2CC3CC2CN3)cc1. The molecule has 0 saturated carbocycles. The first-order valence-corrected chi connectivity index (χ1v) is 5.46. The van der Waals surface area contributed by atoms with Gasteiger partial charge in [-0.15, -0.1) is 34.0 Å². The molecular formula is C11H15Br2ClN2. The Morgan fingerprint density at radius 1 is 1.19 bits per heavy atom. The summed E-state index contributed by atoms with van der Waals surface area (Å²) in [7, 11) is 0. The largest absolute Gasteiger partial charge is 0.366 e. The van der Waals surface area contributed by atoms with E-state index in [-0.39, 0.29) is 34.0 Å². The number of halogens is 3. The van der Waals surface area contributed by atoms with E-state index in [9.17, 15) is 0 Å². The minimum absolute atomic E-state index is 0. The van der Waals surface area contributed by atoms with Gasteiger partial charge in [0.1, 0.15) is 0 Å². The number of hydrogen-bond acceptors (Lipinski definition) is 2. The molecule has 90 valence electrons. The fraction of sp³-hybridized carbons (Fsp3) is 0.455. The summed E-state index contributed by atoms with van der Waals surface area (Å²) >= 11 is 5.87.